The molecule has 0 bridgehead atoms. The van der Waals surface area contributed by atoms with Crippen molar-refractivity contribution in [1.82, 2.24) is 15.5 Å². The Morgan fingerprint density at radius 1 is 1.03 bits per heavy atom. The second kappa shape index (κ2) is 12.8. The van der Waals surface area contributed by atoms with Crippen molar-refractivity contribution in [2.45, 2.75) is 20.1 Å². The molecular weight excluding hydrogens is 392 g/mol. The van der Waals surface area contributed by atoms with Crippen molar-refractivity contribution in [3.63, 3.8) is 0 Å². The summed E-state index contributed by atoms with van der Waals surface area (Å²) in [4.78, 5) is 7.12. The van der Waals surface area contributed by atoms with Gasteiger partial charge in [0.2, 0.25) is 0 Å². The normalized spacial score (nSPS) is 14.8. The van der Waals surface area contributed by atoms with Crippen LogP contribution in [0.25, 0.3) is 0 Å². The molecule has 0 saturated carbocycles. The van der Waals surface area contributed by atoms with E-state index in [0.717, 1.165) is 68.8 Å². The van der Waals surface area contributed by atoms with Gasteiger partial charge in [0.15, 0.2) is 17.5 Å². The predicted molar refractivity (Wildman–Crippen MR) is 124 cm³/mol. The maximum Gasteiger partial charge on any atom is 0.191 e. The Morgan fingerprint density at radius 3 is 2.58 bits per heavy atom. The zero-order valence-corrected chi connectivity index (χ0v) is 18.6. The zero-order valence-electron chi connectivity index (χ0n) is 18.6. The van der Waals surface area contributed by atoms with Crippen molar-refractivity contribution in [2.75, 3.05) is 53.0 Å². The van der Waals surface area contributed by atoms with Crippen LogP contribution >= 0.6 is 0 Å². The SMILES string of the molecule is CCNC(=NCc1ccc(OCc2ccccc2)c(OC)c1)NCCN1CCOCC1. The summed E-state index contributed by atoms with van der Waals surface area (Å²) >= 11 is 0. The van der Waals surface area contributed by atoms with E-state index < -0.39 is 0 Å². The van der Waals surface area contributed by atoms with Crippen LogP contribution in [0.2, 0.25) is 0 Å². The lowest BCUT2D eigenvalue weighted by atomic mass is 10.2. The first-order valence-electron chi connectivity index (χ1n) is 10.9. The molecule has 0 aliphatic carbocycles. The van der Waals surface area contributed by atoms with E-state index in [1.807, 2.05) is 48.5 Å². The largest absolute Gasteiger partial charge is 0.493 e. The maximum absolute atomic E-state index is 5.94. The molecular formula is C24H34N4O3. The summed E-state index contributed by atoms with van der Waals surface area (Å²) in [7, 11) is 1.66. The number of hydrogen-bond donors (Lipinski definition) is 2. The fraction of sp³-hybridized carbons (Fsp3) is 0.458. The van der Waals surface area contributed by atoms with Crippen molar-refractivity contribution < 1.29 is 14.2 Å². The summed E-state index contributed by atoms with van der Waals surface area (Å²) in [6, 6.07) is 16.1. The van der Waals surface area contributed by atoms with Gasteiger partial charge < -0.3 is 24.8 Å². The summed E-state index contributed by atoms with van der Waals surface area (Å²) in [6.07, 6.45) is 0. The number of ether oxygens (including phenoxy) is 3. The quantitative estimate of drug-likeness (QED) is 0.450. The minimum Gasteiger partial charge on any atom is -0.493 e. The highest BCUT2D eigenvalue weighted by atomic mass is 16.5. The molecule has 3 rings (SSSR count). The van der Waals surface area contributed by atoms with E-state index in [-0.39, 0.29) is 0 Å². The number of methoxy groups -OCH3 is 1. The Labute approximate surface area is 185 Å². The molecule has 168 valence electrons. The maximum atomic E-state index is 5.94. The third kappa shape index (κ3) is 7.77. The van der Waals surface area contributed by atoms with Gasteiger partial charge >= 0.3 is 0 Å². The standard InChI is InChI=1S/C24H34N4O3/c1-3-25-24(26-11-12-28-13-15-30-16-14-28)27-18-21-9-10-22(23(17-21)29-2)31-19-20-7-5-4-6-8-20/h4-10,17H,3,11-16,18-19H2,1-2H3,(H2,25,26,27). The fourth-order valence-electron chi connectivity index (χ4n) is 3.33. The number of benzene rings is 2. The second-order valence-electron chi connectivity index (χ2n) is 7.34. The van der Waals surface area contributed by atoms with Crippen LogP contribution in [-0.2, 0) is 17.9 Å². The lowest BCUT2D eigenvalue weighted by Crippen LogP contribution is -2.44. The average Bonchev–Trinajstić information content (AvgIpc) is 2.82. The average molecular weight is 427 g/mol. The number of rotatable bonds is 10. The van der Waals surface area contributed by atoms with Crippen molar-refractivity contribution in [3.8, 4) is 11.5 Å². The van der Waals surface area contributed by atoms with Crippen molar-refractivity contribution in [2.24, 2.45) is 4.99 Å². The van der Waals surface area contributed by atoms with Crippen LogP contribution in [0.15, 0.2) is 53.5 Å². The molecule has 1 saturated heterocycles. The van der Waals surface area contributed by atoms with Crippen LogP contribution in [0.4, 0.5) is 0 Å². The molecule has 1 aliphatic rings. The van der Waals surface area contributed by atoms with Crippen LogP contribution in [-0.4, -0.2) is 63.9 Å². The van der Waals surface area contributed by atoms with Crippen LogP contribution < -0.4 is 20.1 Å². The van der Waals surface area contributed by atoms with E-state index in [4.69, 9.17) is 19.2 Å². The van der Waals surface area contributed by atoms with Gasteiger partial charge in [-0.1, -0.05) is 36.4 Å². The highest BCUT2D eigenvalue weighted by Crippen LogP contribution is 2.29. The molecule has 0 aromatic heterocycles. The van der Waals surface area contributed by atoms with E-state index in [1.54, 1.807) is 7.11 Å². The molecule has 2 N–H and O–H groups in total. The molecule has 1 aliphatic heterocycles. The Kier molecular flexibility index (Phi) is 9.47. The molecule has 7 nitrogen and oxygen atoms in total. The van der Waals surface area contributed by atoms with E-state index in [1.165, 1.54) is 0 Å². The fourth-order valence-corrected chi connectivity index (χ4v) is 3.33. The van der Waals surface area contributed by atoms with Crippen LogP contribution in [0.3, 0.4) is 0 Å². The van der Waals surface area contributed by atoms with Crippen LogP contribution in [0.5, 0.6) is 11.5 Å². The third-order valence-corrected chi connectivity index (χ3v) is 5.05. The molecule has 1 heterocycles. The molecule has 2 aromatic rings. The molecule has 0 amide bonds. The van der Waals surface area contributed by atoms with Gasteiger partial charge in [0.25, 0.3) is 0 Å². The van der Waals surface area contributed by atoms with Gasteiger partial charge in [0, 0.05) is 32.7 Å². The number of morpholine rings is 1. The number of nitrogens with one attached hydrogen (secondary N) is 2. The smallest absolute Gasteiger partial charge is 0.191 e. The van der Waals surface area contributed by atoms with Crippen LogP contribution in [0.1, 0.15) is 18.1 Å². The predicted octanol–water partition coefficient (Wildman–Crippen LogP) is 2.66. The van der Waals surface area contributed by atoms with Gasteiger partial charge in [-0.3, -0.25) is 4.90 Å². The number of guanidine groups is 1. The first kappa shape index (κ1) is 22.9. The molecule has 7 heteroatoms. The first-order valence-corrected chi connectivity index (χ1v) is 10.9. The topological polar surface area (TPSA) is 67.4 Å². The molecule has 31 heavy (non-hydrogen) atoms. The highest BCUT2D eigenvalue weighted by molar-refractivity contribution is 5.79. The first-order chi connectivity index (χ1) is 15.3. The molecule has 0 spiro atoms. The highest BCUT2D eigenvalue weighted by Gasteiger charge is 2.10. The Balaban J connectivity index is 1.53. The molecule has 0 atom stereocenters. The van der Waals surface area contributed by atoms with Crippen molar-refractivity contribution in [3.05, 3.63) is 59.7 Å². The van der Waals surface area contributed by atoms with Gasteiger partial charge in [-0.05, 0) is 30.2 Å². The lowest BCUT2D eigenvalue weighted by molar-refractivity contribution is 0.0389. The minimum atomic E-state index is 0.506. The van der Waals surface area contributed by atoms with Crippen molar-refractivity contribution in [1.29, 1.82) is 0 Å². The molecule has 1 fully saturated rings. The molecule has 0 radical (unpaired) electrons. The van der Waals surface area contributed by atoms with E-state index in [9.17, 15) is 0 Å². The van der Waals surface area contributed by atoms with Crippen LogP contribution in [0, 0.1) is 0 Å². The lowest BCUT2D eigenvalue weighted by Gasteiger charge is -2.26. The van der Waals surface area contributed by atoms with Crippen molar-refractivity contribution >= 4 is 5.96 Å². The molecule has 0 unspecified atom stereocenters. The third-order valence-electron chi connectivity index (χ3n) is 5.05. The Hall–Kier alpha value is -2.77. The second-order valence-corrected chi connectivity index (χ2v) is 7.34. The minimum absolute atomic E-state index is 0.506. The summed E-state index contributed by atoms with van der Waals surface area (Å²) in [6.45, 7) is 9.41. The van der Waals surface area contributed by atoms with Gasteiger partial charge in [-0.15, -0.1) is 0 Å². The number of hydrogen-bond acceptors (Lipinski definition) is 5. The van der Waals surface area contributed by atoms with Gasteiger partial charge in [0.1, 0.15) is 6.61 Å². The number of aliphatic imine (C=N–C) groups is 1. The monoisotopic (exact) mass is 426 g/mol. The van der Waals surface area contributed by atoms with Gasteiger partial charge in [0.05, 0.1) is 26.9 Å². The van der Waals surface area contributed by atoms with E-state index in [2.05, 4.69) is 22.5 Å². The van der Waals surface area contributed by atoms with E-state index in [0.29, 0.717) is 18.9 Å². The number of nitrogens with zero attached hydrogens (tertiary/aromatic N) is 2. The summed E-state index contributed by atoms with van der Waals surface area (Å²) in [5.41, 5.74) is 2.19. The summed E-state index contributed by atoms with van der Waals surface area (Å²) in [5.74, 6) is 2.27. The molecule has 2 aromatic carbocycles. The summed E-state index contributed by atoms with van der Waals surface area (Å²) < 4.78 is 16.9. The van der Waals surface area contributed by atoms with E-state index >= 15 is 0 Å². The summed E-state index contributed by atoms with van der Waals surface area (Å²) in [5, 5.41) is 6.73. The Bertz CT molecular complexity index is 808. The van der Waals surface area contributed by atoms with Gasteiger partial charge in [-0.25, -0.2) is 4.99 Å². The Morgan fingerprint density at radius 2 is 1.84 bits per heavy atom. The van der Waals surface area contributed by atoms with Gasteiger partial charge in [-0.2, -0.15) is 0 Å². The zero-order chi connectivity index (χ0) is 21.7.